The Morgan fingerprint density at radius 1 is 1.29 bits per heavy atom. The lowest BCUT2D eigenvalue weighted by molar-refractivity contribution is 0.588. The zero-order valence-corrected chi connectivity index (χ0v) is 13.9. The Morgan fingerprint density at radius 3 is 2.57 bits per heavy atom. The van der Waals surface area contributed by atoms with E-state index in [0.717, 1.165) is 4.88 Å². The standard InChI is InChI=1S/C13H16ClN3O2S2/c1-8(11-5-6-13(14)20-11)17-10-4-3-9(15)7-12(10)21(18,19)16-2/h3-8,16-17H,15H2,1-2H3. The van der Waals surface area contributed by atoms with Gasteiger partial charge in [-0.2, -0.15) is 0 Å². The molecule has 21 heavy (non-hydrogen) atoms. The van der Waals surface area contributed by atoms with Crippen LogP contribution in [0.4, 0.5) is 11.4 Å². The van der Waals surface area contributed by atoms with E-state index in [0.29, 0.717) is 15.7 Å². The summed E-state index contributed by atoms with van der Waals surface area (Å²) < 4.78 is 27.1. The molecule has 0 aliphatic heterocycles. The first kappa shape index (κ1) is 16.1. The third-order valence-electron chi connectivity index (χ3n) is 2.96. The van der Waals surface area contributed by atoms with Gasteiger partial charge in [0.25, 0.3) is 0 Å². The van der Waals surface area contributed by atoms with E-state index in [4.69, 9.17) is 17.3 Å². The Kier molecular flexibility index (Phi) is 4.77. The highest BCUT2D eigenvalue weighted by molar-refractivity contribution is 7.89. The summed E-state index contributed by atoms with van der Waals surface area (Å²) in [7, 11) is -2.22. The quantitative estimate of drug-likeness (QED) is 0.727. The van der Waals surface area contributed by atoms with Gasteiger partial charge in [-0.3, -0.25) is 0 Å². The molecule has 5 nitrogen and oxygen atoms in total. The molecule has 0 aliphatic carbocycles. The summed E-state index contributed by atoms with van der Waals surface area (Å²) in [4.78, 5) is 1.14. The maximum absolute atomic E-state index is 12.1. The summed E-state index contributed by atoms with van der Waals surface area (Å²) in [5, 5.41) is 3.18. The van der Waals surface area contributed by atoms with Crippen LogP contribution in [0.15, 0.2) is 35.2 Å². The Labute approximate surface area is 133 Å². The van der Waals surface area contributed by atoms with Crippen molar-refractivity contribution in [1.29, 1.82) is 0 Å². The molecule has 0 saturated heterocycles. The van der Waals surface area contributed by atoms with Crippen LogP contribution < -0.4 is 15.8 Å². The van der Waals surface area contributed by atoms with Crippen LogP contribution in [0.1, 0.15) is 17.8 Å². The number of nitrogens with one attached hydrogen (secondary N) is 2. The van der Waals surface area contributed by atoms with E-state index in [1.54, 1.807) is 12.1 Å². The zero-order valence-electron chi connectivity index (χ0n) is 11.6. The molecule has 2 aromatic rings. The second-order valence-corrected chi connectivity index (χ2v) is 8.07. The summed E-state index contributed by atoms with van der Waals surface area (Å²) in [6.45, 7) is 1.94. The van der Waals surface area contributed by atoms with Crippen molar-refractivity contribution in [2.45, 2.75) is 17.9 Å². The van der Waals surface area contributed by atoms with Gasteiger partial charge in [0.05, 0.1) is 16.1 Å². The molecule has 1 unspecified atom stereocenters. The van der Waals surface area contributed by atoms with Crippen molar-refractivity contribution in [2.24, 2.45) is 0 Å². The average Bonchev–Trinajstić information content (AvgIpc) is 2.87. The van der Waals surface area contributed by atoms with Crippen molar-refractivity contribution in [3.63, 3.8) is 0 Å². The third kappa shape index (κ3) is 3.68. The minimum atomic E-state index is -3.59. The van der Waals surface area contributed by atoms with E-state index in [9.17, 15) is 8.42 Å². The smallest absolute Gasteiger partial charge is 0.242 e. The highest BCUT2D eigenvalue weighted by atomic mass is 35.5. The molecule has 0 saturated carbocycles. The van der Waals surface area contributed by atoms with Gasteiger partial charge in [-0.1, -0.05) is 11.6 Å². The van der Waals surface area contributed by atoms with Crippen LogP contribution in [0.3, 0.4) is 0 Å². The van der Waals surface area contributed by atoms with Gasteiger partial charge < -0.3 is 11.1 Å². The van der Waals surface area contributed by atoms with Gasteiger partial charge >= 0.3 is 0 Å². The topological polar surface area (TPSA) is 84.2 Å². The summed E-state index contributed by atoms with van der Waals surface area (Å²) in [5.74, 6) is 0. The third-order valence-corrected chi connectivity index (χ3v) is 5.82. The lowest BCUT2D eigenvalue weighted by Gasteiger charge is -2.17. The second kappa shape index (κ2) is 6.23. The maximum atomic E-state index is 12.1. The van der Waals surface area contributed by atoms with Gasteiger partial charge in [-0.25, -0.2) is 13.1 Å². The van der Waals surface area contributed by atoms with E-state index in [1.807, 2.05) is 19.1 Å². The molecule has 8 heteroatoms. The minimum Gasteiger partial charge on any atom is -0.399 e. The van der Waals surface area contributed by atoms with Crippen molar-refractivity contribution in [2.75, 3.05) is 18.1 Å². The number of thiophene rings is 1. The van der Waals surface area contributed by atoms with Gasteiger partial charge in [-0.15, -0.1) is 11.3 Å². The Bertz CT molecular complexity index is 744. The summed E-state index contributed by atoms with van der Waals surface area (Å²) in [6, 6.07) is 8.40. The van der Waals surface area contributed by atoms with Crippen molar-refractivity contribution < 1.29 is 8.42 Å². The number of rotatable bonds is 5. The van der Waals surface area contributed by atoms with Crippen molar-refractivity contribution >= 4 is 44.3 Å². The highest BCUT2D eigenvalue weighted by Crippen LogP contribution is 2.31. The van der Waals surface area contributed by atoms with Gasteiger partial charge in [-0.05, 0) is 44.3 Å². The lowest BCUT2D eigenvalue weighted by Crippen LogP contribution is -2.21. The first-order chi connectivity index (χ1) is 9.83. The van der Waals surface area contributed by atoms with E-state index in [2.05, 4.69) is 10.0 Å². The molecule has 1 aromatic heterocycles. The predicted molar refractivity (Wildman–Crippen MR) is 88.5 cm³/mol. The Morgan fingerprint density at radius 2 is 2.00 bits per heavy atom. The predicted octanol–water partition coefficient (Wildman–Crippen LogP) is 3.06. The molecule has 0 aliphatic rings. The normalized spacial score (nSPS) is 13.1. The number of nitrogen functional groups attached to an aromatic ring is 1. The van der Waals surface area contributed by atoms with Crippen LogP contribution in [-0.2, 0) is 10.0 Å². The number of hydrogen-bond donors (Lipinski definition) is 3. The molecular formula is C13H16ClN3O2S2. The number of nitrogens with two attached hydrogens (primary N) is 1. The SMILES string of the molecule is CNS(=O)(=O)c1cc(N)ccc1NC(C)c1ccc(Cl)s1. The summed E-state index contributed by atoms with van der Waals surface area (Å²) >= 11 is 7.37. The molecule has 4 N–H and O–H groups in total. The Balaban J connectivity index is 2.36. The van der Waals surface area contributed by atoms with Crippen LogP contribution >= 0.6 is 22.9 Å². The van der Waals surface area contributed by atoms with Gasteiger partial charge in [0, 0.05) is 10.6 Å². The van der Waals surface area contributed by atoms with Crippen LogP contribution in [0.2, 0.25) is 4.34 Å². The molecule has 0 spiro atoms. The largest absolute Gasteiger partial charge is 0.399 e. The molecule has 1 atom stereocenters. The van der Waals surface area contributed by atoms with E-state index >= 15 is 0 Å². The molecular weight excluding hydrogens is 330 g/mol. The molecule has 0 radical (unpaired) electrons. The molecule has 0 amide bonds. The van der Waals surface area contributed by atoms with Gasteiger partial charge in [0.15, 0.2) is 0 Å². The maximum Gasteiger partial charge on any atom is 0.242 e. The van der Waals surface area contributed by atoms with Crippen LogP contribution in [0, 0.1) is 0 Å². The van der Waals surface area contributed by atoms with Crippen LogP contribution in [0.5, 0.6) is 0 Å². The molecule has 1 heterocycles. The molecule has 1 aromatic carbocycles. The number of sulfonamides is 1. The fraction of sp³-hybridized carbons (Fsp3) is 0.231. The first-order valence-electron chi connectivity index (χ1n) is 6.18. The fourth-order valence-corrected chi connectivity index (χ4v) is 3.85. The van der Waals surface area contributed by atoms with Crippen molar-refractivity contribution in [3.05, 3.63) is 39.5 Å². The monoisotopic (exact) mass is 345 g/mol. The molecule has 114 valence electrons. The highest BCUT2D eigenvalue weighted by Gasteiger charge is 2.19. The van der Waals surface area contributed by atoms with E-state index < -0.39 is 10.0 Å². The van der Waals surface area contributed by atoms with E-state index in [1.165, 1.54) is 24.5 Å². The number of hydrogen-bond acceptors (Lipinski definition) is 5. The minimum absolute atomic E-state index is 0.0723. The van der Waals surface area contributed by atoms with Gasteiger partial charge in [0.2, 0.25) is 10.0 Å². The van der Waals surface area contributed by atoms with E-state index in [-0.39, 0.29) is 10.9 Å². The van der Waals surface area contributed by atoms with Gasteiger partial charge in [0.1, 0.15) is 4.90 Å². The molecule has 0 bridgehead atoms. The summed E-state index contributed by atoms with van der Waals surface area (Å²) in [6.07, 6.45) is 0. The van der Waals surface area contributed by atoms with Crippen LogP contribution in [0.25, 0.3) is 0 Å². The second-order valence-electron chi connectivity index (χ2n) is 4.47. The number of halogens is 1. The number of anilines is 2. The zero-order chi connectivity index (χ0) is 15.6. The van der Waals surface area contributed by atoms with Crippen LogP contribution in [-0.4, -0.2) is 15.5 Å². The first-order valence-corrected chi connectivity index (χ1v) is 8.86. The summed E-state index contributed by atoms with van der Waals surface area (Å²) in [5.41, 5.74) is 6.57. The number of benzene rings is 1. The fourth-order valence-electron chi connectivity index (χ4n) is 1.86. The van der Waals surface area contributed by atoms with Crippen molar-refractivity contribution in [1.82, 2.24) is 4.72 Å². The molecule has 2 rings (SSSR count). The average molecular weight is 346 g/mol. The van der Waals surface area contributed by atoms with Crippen molar-refractivity contribution in [3.8, 4) is 0 Å². The molecule has 0 fully saturated rings. The Hall–Kier alpha value is -1.28. The lowest BCUT2D eigenvalue weighted by atomic mass is 10.2.